The van der Waals surface area contributed by atoms with Crippen LogP contribution in [0.15, 0.2) is 52.0 Å². The van der Waals surface area contributed by atoms with Gasteiger partial charge in [0.2, 0.25) is 15.9 Å². The summed E-state index contributed by atoms with van der Waals surface area (Å²) in [5.74, 6) is 0.0836. The number of aromatic nitrogens is 1. The minimum absolute atomic E-state index is 0.176. The minimum Gasteiger partial charge on any atom is -0.353 e. The molecule has 1 heterocycles. The van der Waals surface area contributed by atoms with Gasteiger partial charge in [-0.25, -0.2) is 8.42 Å². The van der Waals surface area contributed by atoms with Gasteiger partial charge in [-0.1, -0.05) is 36.7 Å². The van der Waals surface area contributed by atoms with Crippen molar-refractivity contribution >= 4 is 31.9 Å². The van der Waals surface area contributed by atoms with E-state index in [0.29, 0.717) is 19.5 Å². The molecule has 1 aromatic heterocycles. The number of rotatable bonds is 10. The van der Waals surface area contributed by atoms with Crippen molar-refractivity contribution in [1.29, 1.82) is 0 Å². The van der Waals surface area contributed by atoms with Crippen LogP contribution in [0.3, 0.4) is 0 Å². The number of hydrogen-bond donors (Lipinski definition) is 0. The Kier molecular flexibility index (Phi) is 8.70. The van der Waals surface area contributed by atoms with Gasteiger partial charge in [0.1, 0.15) is 0 Å². The summed E-state index contributed by atoms with van der Waals surface area (Å²) in [5.41, 5.74) is 1.01. The van der Waals surface area contributed by atoms with Crippen LogP contribution in [0.4, 0.5) is 0 Å². The van der Waals surface area contributed by atoms with Crippen LogP contribution in [-0.4, -0.2) is 47.2 Å². The number of benzene rings is 1. The fraction of sp³-hybridized carbons (Fsp3) is 0.500. The van der Waals surface area contributed by atoms with E-state index in [1.807, 2.05) is 43.8 Å². The summed E-state index contributed by atoms with van der Waals surface area (Å²) in [6.45, 7) is 8.71. The quantitative estimate of drug-likeness (QED) is 0.492. The van der Waals surface area contributed by atoms with Crippen LogP contribution in [0.1, 0.15) is 39.8 Å². The van der Waals surface area contributed by atoms with Crippen LogP contribution in [0.5, 0.6) is 0 Å². The molecule has 2 rings (SSSR count). The lowest BCUT2D eigenvalue weighted by Gasteiger charge is -2.31. The Morgan fingerprint density at radius 3 is 2.27 bits per heavy atom. The van der Waals surface area contributed by atoms with Gasteiger partial charge in [0, 0.05) is 36.0 Å². The summed E-state index contributed by atoms with van der Waals surface area (Å²) in [6, 6.07) is 10.2. The molecule has 8 heteroatoms. The van der Waals surface area contributed by atoms with E-state index >= 15 is 0 Å². The number of sulfonamides is 1. The predicted molar refractivity (Wildman–Crippen MR) is 123 cm³/mol. The maximum absolute atomic E-state index is 13.3. The Hall–Kier alpha value is -1.64. The molecule has 0 saturated carbocycles. The molecule has 1 aromatic carbocycles. The number of hydrogen-bond acceptors (Lipinski definition) is 3. The largest absolute Gasteiger partial charge is 0.353 e. The zero-order chi connectivity index (χ0) is 22.5. The van der Waals surface area contributed by atoms with E-state index < -0.39 is 10.0 Å². The normalized spacial score (nSPS) is 13.1. The van der Waals surface area contributed by atoms with Crippen molar-refractivity contribution in [3.8, 4) is 0 Å². The van der Waals surface area contributed by atoms with Gasteiger partial charge in [0.05, 0.1) is 18.0 Å². The Morgan fingerprint density at radius 2 is 1.77 bits per heavy atom. The van der Waals surface area contributed by atoms with Crippen molar-refractivity contribution < 1.29 is 13.2 Å². The van der Waals surface area contributed by atoms with Crippen molar-refractivity contribution in [2.24, 2.45) is 13.0 Å². The topological polar surface area (TPSA) is 62.6 Å². The molecule has 0 aliphatic heterocycles. The summed E-state index contributed by atoms with van der Waals surface area (Å²) >= 11 is 3.34. The Morgan fingerprint density at radius 1 is 1.13 bits per heavy atom. The van der Waals surface area contributed by atoms with Crippen molar-refractivity contribution in [3.63, 3.8) is 0 Å². The number of halogens is 1. The highest BCUT2D eigenvalue weighted by Gasteiger charge is 2.32. The number of carbonyl (C=O) groups excluding carboxylic acids is 1. The molecule has 1 amide bonds. The van der Waals surface area contributed by atoms with Crippen LogP contribution in [0.25, 0.3) is 0 Å². The molecule has 0 aliphatic rings. The fourth-order valence-corrected chi connectivity index (χ4v) is 5.13. The van der Waals surface area contributed by atoms with Crippen molar-refractivity contribution in [2.75, 3.05) is 13.1 Å². The number of aryl methyl sites for hydroxylation is 1. The third kappa shape index (κ3) is 6.18. The van der Waals surface area contributed by atoms with Gasteiger partial charge >= 0.3 is 0 Å². The van der Waals surface area contributed by atoms with Gasteiger partial charge in [-0.2, -0.15) is 4.31 Å². The third-order valence-corrected chi connectivity index (χ3v) is 7.64. The molecule has 0 radical (unpaired) electrons. The lowest BCUT2D eigenvalue weighted by atomic mass is 10.2. The van der Waals surface area contributed by atoms with E-state index in [-0.39, 0.29) is 29.3 Å². The lowest BCUT2D eigenvalue weighted by Crippen LogP contribution is -2.47. The first kappa shape index (κ1) is 24.6. The maximum Gasteiger partial charge on any atom is 0.243 e. The maximum atomic E-state index is 13.3. The first-order valence-electron chi connectivity index (χ1n) is 10.2. The first-order valence-corrected chi connectivity index (χ1v) is 12.4. The standard InChI is InChI=1S/C22H32BrN3O3S/c1-6-18(4)26(30(28,29)21-11-9-19(23)10-12-21)16-22(27)25(14-17(2)3)15-20-8-7-13-24(20)5/h7-13,17-18H,6,14-16H2,1-5H3. The van der Waals surface area contributed by atoms with E-state index in [9.17, 15) is 13.2 Å². The van der Waals surface area contributed by atoms with Crippen molar-refractivity contribution in [3.05, 3.63) is 52.8 Å². The average Bonchev–Trinajstić information content (AvgIpc) is 3.09. The zero-order valence-electron chi connectivity index (χ0n) is 18.4. The molecule has 0 spiro atoms. The predicted octanol–water partition coefficient (Wildman–Crippen LogP) is 4.26. The van der Waals surface area contributed by atoms with Crippen LogP contribution in [-0.2, 0) is 28.4 Å². The van der Waals surface area contributed by atoms with Crippen LogP contribution >= 0.6 is 15.9 Å². The summed E-state index contributed by atoms with van der Waals surface area (Å²) < 4.78 is 30.8. The molecule has 0 saturated heterocycles. The minimum atomic E-state index is -3.80. The highest BCUT2D eigenvalue weighted by molar-refractivity contribution is 9.10. The van der Waals surface area contributed by atoms with Crippen molar-refractivity contribution in [1.82, 2.24) is 13.8 Å². The molecule has 166 valence electrons. The molecule has 6 nitrogen and oxygen atoms in total. The summed E-state index contributed by atoms with van der Waals surface area (Å²) in [6.07, 6.45) is 2.56. The molecule has 1 unspecified atom stereocenters. The van der Waals surface area contributed by atoms with Crippen LogP contribution in [0.2, 0.25) is 0 Å². The smallest absolute Gasteiger partial charge is 0.243 e. The summed E-state index contributed by atoms with van der Waals surface area (Å²) in [4.78, 5) is 15.2. The third-order valence-electron chi connectivity index (χ3n) is 5.14. The Balaban J connectivity index is 2.31. The van der Waals surface area contributed by atoms with Crippen molar-refractivity contribution in [2.45, 2.75) is 51.6 Å². The lowest BCUT2D eigenvalue weighted by molar-refractivity contribution is -0.133. The second kappa shape index (κ2) is 10.6. The Bertz CT molecular complexity index is 939. The van der Waals surface area contributed by atoms with Gasteiger partial charge < -0.3 is 9.47 Å². The monoisotopic (exact) mass is 497 g/mol. The van der Waals surface area contributed by atoms with E-state index in [2.05, 4.69) is 29.8 Å². The zero-order valence-corrected chi connectivity index (χ0v) is 20.8. The van der Waals surface area contributed by atoms with E-state index in [4.69, 9.17) is 0 Å². The van der Waals surface area contributed by atoms with Gasteiger partial charge in [-0.05, 0) is 55.7 Å². The molecular formula is C22H32BrN3O3S. The molecule has 30 heavy (non-hydrogen) atoms. The molecule has 0 aliphatic carbocycles. The summed E-state index contributed by atoms with van der Waals surface area (Å²) in [5, 5.41) is 0. The molecule has 0 fully saturated rings. The molecule has 2 aromatic rings. The highest BCUT2D eigenvalue weighted by atomic mass is 79.9. The van der Waals surface area contributed by atoms with Crippen LogP contribution in [0, 0.1) is 5.92 Å². The molecular weight excluding hydrogens is 466 g/mol. The average molecular weight is 498 g/mol. The SMILES string of the molecule is CCC(C)N(CC(=O)N(Cc1cccn1C)CC(C)C)S(=O)(=O)c1ccc(Br)cc1. The second-order valence-corrected chi connectivity index (χ2v) is 10.8. The van der Waals surface area contributed by atoms with E-state index in [0.717, 1.165) is 10.2 Å². The molecule has 0 N–H and O–H groups in total. The van der Waals surface area contributed by atoms with Gasteiger partial charge in [-0.15, -0.1) is 0 Å². The molecule has 1 atom stereocenters. The fourth-order valence-electron chi connectivity index (χ4n) is 3.21. The van der Waals surface area contributed by atoms with E-state index in [1.54, 1.807) is 29.2 Å². The second-order valence-electron chi connectivity index (χ2n) is 8.04. The van der Waals surface area contributed by atoms with E-state index in [1.165, 1.54) is 4.31 Å². The van der Waals surface area contributed by atoms with Gasteiger partial charge in [-0.3, -0.25) is 4.79 Å². The van der Waals surface area contributed by atoms with Gasteiger partial charge in [0.25, 0.3) is 0 Å². The summed E-state index contributed by atoms with van der Waals surface area (Å²) in [7, 11) is -1.86. The van der Waals surface area contributed by atoms with Crippen LogP contribution < -0.4 is 0 Å². The number of nitrogens with zero attached hydrogens (tertiary/aromatic N) is 3. The number of amides is 1. The van der Waals surface area contributed by atoms with Gasteiger partial charge in [0.15, 0.2) is 0 Å². The number of carbonyl (C=O) groups is 1. The first-order chi connectivity index (χ1) is 14.1. The Labute approximate surface area is 189 Å². The highest BCUT2D eigenvalue weighted by Crippen LogP contribution is 2.22. The molecule has 0 bridgehead atoms.